The average molecular weight is 218 g/mol. The summed E-state index contributed by atoms with van der Waals surface area (Å²) in [6.45, 7) is 15.7. The Morgan fingerprint density at radius 2 is 1.06 bits per heavy atom. The molecule has 0 fully saturated rings. The second-order valence-electron chi connectivity index (χ2n) is 4.28. The van der Waals surface area contributed by atoms with E-state index in [4.69, 9.17) is 0 Å². The number of hydrogen-bond donors (Lipinski definition) is 0. The average Bonchev–Trinajstić information content (AvgIpc) is 2.29. The third kappa shape index (κ3) is 8.28. The standard InChI is InChI=1S/C16H26/c1-5-7-9-11-13-15(3)16(4)14-12-10-8-6-2/h5-6H,1-4,7-14H2. The van der Waals surface area contributed by atoms with E-state index in [9.17, 15) is 0 Å². The molecule has 0 aromatic carbocycles. The van der Waals surface area contributed by atoms with Gasteiger partial charge >= 0.3 is 0 Å². The molecule has 0 heterocycles. The van der Waals surface area contributed by atoms with Crippen molar-refractivity contribution in [3.8, 4) is 0 Å². The summed E-state index contributed by atoms with van der Waals surface area (Å²) in [6.07, 6.45) is 13.2. The van der Waals surface area contributed by atoms with Crippen LogP contribution in [0.3, 0.4) is 0 Å². The topological polar surface area (TPSA) is 0 Å². The van der Waals surface area contributed by atoms with Crippen LogP contribution >= 0.6 is 0 Å². The summed E-state index contributed by atoms with van der Waals surface area (Å²) in [5, 5.41) is 0. The fraction of sp³-hybridized carbons (Fsp3) is 0.500. The van der Waals surface area contributed by atoms with Crippen LogP contribution in [0.2, 0.25) is 0 Å². The highest BCUT2D eigenvalue weighted by molar-refractivity contribution is 5.24. The number of allylic oxidation sites excluding steroid dienone is 4. The van der Waals surface area contributed by atoms with Crippen molar-refractivity contribution in [2.24, 2.45) is 0 Å². The minimum absolute atomic E-state index is 1.09. The summed E-state index contributed by atoms with van der Waals surface area (Å²) in [7, 11) is 0. The molecule has 0 bridgehead atoms. The molecule has 0 heteroatoms. The lowest BCUT2D eigenvalue weighted by Crippen LogP contribution is -1.89. The third-order valence-electron chi connectivity index (χ3n) is 2.77. The third-order valence-corrected chi connectivity index (χ3v) is 2.77. The van der Waals surface area contributed by atoms with Crippen molar-refractivity contribution in [3.63, 3.8) is 0 Å². The van der Waals surface area contributed by atoms with Crippen LogP contribution in [0, 0.1) is 0 Å². The largest absolute Gasteiger partial charge is 0.103 e. The molecule has 16 heavy (non-hydrogen) atoms. The van der Waals surface area contributed by atoms with E-state index >= 15 is 0 Å². The molecule has 0 aromatic heterocycles. The van der Waals surface area contributed by atoms with Crippen LogP contribution in [0.15, 0.2) is 49.6 Å². The van der Waals surface area contributed by atoms with E-state index in [0.717, 1.165) is 25.7 Å². The first kappa shape index (κ1) is 15.0. The maximum atomic E-state index is 4.11. The van der Waals surface area contributed by atoms with Crippen LogP contribution in [-0.4, -0.2) is 0 Å². The molecule has 0 aliphatic carbocycles. The molecule has 90 valence electrons. The van der Waals surface area contributed by atoms with E-state index in [0.29, 0.717) is 0 Å². The molecule has 0 radical (unpaired) electrons. The van der Waals surface area contributed by atoms with Crippen molar-refractivity contribution in [2.75, 3.05) is 0 Å². The van der Waals surface area contributed by atoms with Crippen molar-refractivity contribution in [1.82, 2.24) is 0 Å². The Kier molecular flexibility index (Phi) is 9.80. The molecule has 0 aliphatic heterocycles. The van der Waals surface area contributed by atoms with E-state index in [1.807, 2.05) is 12.2 Å². The smallest absolute Gasteiger partial charge is 0.0282 e. The Morgan fingerprint density at radius 3 is 1.38 bits per heavy atom. The van der Waals surface area contributed by atoms with Gasteiger partial charge in [0.05, 0.1) is 0 Å². The maximum Gasteiger partial charge on any atom is -0.0282 e. The van der Waals surface area contributed by atoms with Gasteiger partial charge in [0.2, 0.25) is 0 Å². The van der Waals surface area contributed by atoms with Crippen LogP contribution < -0.4 is 0 Å². The van der Waals surface area contributed by atoms with Gasteiger partial charge in [-0.1, -0.05) is 36.5 Å². The first-order valence-electron chi connectivity index (χ1n) is 6.30. The molecule has 0 spiro atoms. The minimum atomic E-state index is 1.09. The van der Waals surface area contributed by atoms with Crippen molar-refractivity contribution in [2.45, 2.75) is 51.4 Å². The van der Waals surface area contributed by atoms with E-state index in [2.05, 4.69) is 26.3 Å². The molecule has 0 aromatic rings. The van der Waals surface area contributed by atoms with Crippen LogP contribution in [0.1, 0.15) is 51.4 Å². The van der Waals surface area contributed by atoms with Gasteiger partial charge in [0, 0.05) is 0 Å². The quantitative estimate of drug-likeness (QED) is 0.241. The maximum absolute atomic E-state index is 4.11. The molecular formula is C16H26. The second kappa shape index (κ2) is 10.5. The van der Waals surface area contributed by atoms with Crippen molar-refractivity contribution in [3.05, 3.63) is 49.6 Å². The molecule has 0 saturated carbocycles. The highest BCUT2D eigenvalue weighted by Gasteiger charge is 2.00. The van der Waals surface area contributed by atoms with Gasteiger partial charge in [-0.2, -0.15) is 0 Å². The molecule has 0 atom stereocenters. The van der Waals surface area contributed by atoms with Gasteiger partial charge in [0.15, 0.2) is 0 Å². The summed E-state index contributed by atoms with van der Waals surface area (Å²) >= 11 is 0. The lowest BCUT2D eigenvalue weighted by molar-refractivity contribution is 0.717. The Morgan fingerprint density at radius 1 is 0.688 bits per heavy atom. The summed E-state index contributed by atoms with van der Waals surface area (Å²) in [4.78, 5) is 0. The normalized spacial score (nSPS) is 9.75. The Bertz CT molecular complexity index is 206. The summed E-state index contributed by atoms with van der Waals surface area (Å²) in [6, 6.07) is 0. The Labute approximate surface area is 101 Å². The zero-order valence-electron chi connectivity index (χ0n) is 10.6. The highest BCUT2D eigenvalue weighted by atomic mass is 14.1. The van der Waals surface area contributed by atoms with E-state index in [-0.39, 0.29) is 0 Å². The van der Waals surface area contributed by atoms with Gasteiger partial charge < -0.3 is 0 Å². The molecule has 0 saturated heterocycles. The van der Waals surface area contributed by atoms with Gasteiger partial charge in [0.1, 0.15) is 0 Å². The highest BCUT2D eigenvalue weighted by Crippen LogP contribution is 2.19. The lowest BCUT2D eigenvalue weighted by atomic mass is 9.98. The summed E-state index contributed by atoms with van der Waals surface area (Å²) in [5.74, 6) is 0. The predicted octanol–water partition coefficient (Wildman–Crippen LogP) is 5.59. The van der Waals surface area contributed by atoms with Crippen LogP contribution in [0.25, 0.3) is 0 Å². The minimum Gasteiger partial charge on any atom is -0.103 e. The fourth-order valence-electron chi connectivity index (χ4n) is 1.61. The van der Waals surface area contributed by atoms with Gasteiger partial charge in [0.25, 0.3) is 0 Å². The molecule has 0 aliphatic rings. The first-order valence-corrected chi connectivity index (χ1v) is 6.30. The number of hydrogen-bond acceptors (Lipinski definition) is 0. The molecule has 0 unspecified atom stereocenters. The monoisotopic (exact) mass is 218 g/mol. The van der Waals surface area contributed by atoms with Crippen LogP contribution in [0.4, 0.5) is 0 Å². The summed E-state index contributed by atoms with van der Waals surface area (Å²) < 4.78 is 0. The predicted molar refractivity (Wildman–Crippen MR) is 75.6 cm³/mol. The molecule has 0 nitrogen and oxygen atoms in total. The van der Waals surface area contributed by atoms with Gasteiger partial charge in [-0.15, -0.1) is 13.2 Å². The SMILES string of the molecule is C=CCCCCC(=C)C(=C)CCCCC=C. The molecule has 0 rings (SSSR count). The van der Waals surface area contributed by atoms with Crippen molar-refractivity contribution in [1.29, 1.82) is 0 Å². The zero-order valence-corrected chi connectivity index (χ0v) is 10.6. The van der Waals surface area contributed by atoms with Gasteiger partial charge in [-0.3, -0.25) is 0 Å². The van der Waals surface area contributed by atoms with E-state index in [1.54, 1.807) is 0 Å². The fourth-order valence-corrected chi connectivity index (χ4v) is 1.61. The van der Waals surface area contributed by atoms with Gasteiger partial charge in [-0.25, -0.2) is 0 Å². The van der Waals surface area contributed by atoms with E-state index < -0.39 is 0 Å². The zero-order chi connectivity index (χ0) is 12.2. The van der Waals surface area contributed by atoms with Crippen LogP contribution in [-0.2, 0) is 0 Å². The van der Waals surface area contributed by atoms with Gasteiger partial charge in [-0.05, 0) is 51.4 Å². The van der Waals surface area contributed by atoms with Crippen LogP contribution in [0.5, 0.6) is 0 Å². The molecule has 0 amide bonds. The van der Waals surface area contributed by atoms with E-state index in [1.165, 1.54) is 36.8 Å². The van der Waals surface area contributed by atoms with Crippen molar-refractivity contribution < 1.29 is 0 Å². The molecule has 0 N–H and O–H groups in total. The number of unbranched alkanes of at least 4 members (excludes halogenated alkanes) is 4. The second-order valence-corrected chi connectivity index (χ2v) is 4.28. The number of rotatable bonds is 11. The van der Waals surface area contributed by atoms with Crippen molar-refractivity contribution >= 4 is 0 Å². The Hall–Kier alpha value is -1.04. The lowest BCUT2D eigenvalue weighted by Gasteiger charge is -2.08. The first-order chi connectivity index (χ1) is 7.72. The summed E-state index contributed by atoms with van der Waals surface area (Å²) in [5.41, 5.74) is 2.48. The molecular weight excluding hydrogens is 192 g/mol. The Balaban J connectivity index is 3.53.